The third-order valence-electron chi connectivity index (χ3n) is 2.74. The normalized spacial score (nSPS) is 20.2. The number of hydrogen-bond donors (Lipinski definition) is 1. The van der Waals surface area contributed by atoms with E-state index in [4.69, 9.17) is 0 Å². The largest absolute Gasteiger partial charge is 0.316 e. The van der Waals surface area contributed by atoms with Crippen molar-refractivity contribution in [1.29, 1.82) is 0 Å². The van der Waals surface area contributed by atoms with Crippen molar-refractivity contribution in [3.8, 4) is 0 Å². The summed E-state index contributed by atoms with van der Waals surface area (Å²) in [6, 6.07) is 6.96. The Morgan fingerprint density at radius 2 is 2.00 bits per heavy atom. The second-order valence-corrected chi connectivity index (χ2v) is 3.93. The highest BCUT2D eigenvalue weighted by atomic mass is 19.1. The molecular weight excluding hydrogens is 189 g/mol. The van der Waals surface area contributed by atoms with Crippen molar-refractivity contribution in [3.05, 3.63) is 41.2 Å². The number of nitrogens with one attached hydrogen (secondary N) is 1. The van der Waals surface area contributed by atoms with Gasteiger partial charge in [-0.3, -0.25) is 0 Å². The second kappa shape index (κ2) is 5.08. The highest BCUT2D eigenvalue weighted by molar-refractivity contribution is 5.53. The molecule has 1 saturated heterocycles. The average molecular weight is 205 g/mol. The highest BCUT2D eigenvalue weighted by Crippen LogP contribution is 2.18. The highest BCUT2D eigenvalue weighted by Gasteiger charge is 2.04. The molecule has 0 aromatic heterocycles. The summed E-state index contributed by atoms with van der Waals surface area (Å²) in [6.45, 7) is 2.09. The predicted octanol–water partition coefficient (Wildman–Crippen LogP) is 2.98. The number of hydrogen-bond acceptors (Lipinski definition) is 1. The van der Waals surface area contributed by atoms with Gasteiger partial charge in [0.25, 0.3) is 0 Å². The molecule has 0 spiro atoms. The zero-order valence-electron chi connectivity index (χ0n) is 8.80. The van der Waals surface area contributed by atoms with E-state index < -0.39 is 0 Å². The summed E-state index contributed by atoms with van der Waals surface area (Å²) in [5, 5.41) is 3.34. The van der Waals surface area contributed by atoms with Gasteiger partial charge in [-0.25, -0.2) is 4.39 Å². The minimum Gasteiger partial charge on any atom is -0.316 e. The Morgan fingerprint density at radius 3 is 2.87 bits per heavy atom. The summed E-state index contributed by atoms with van der Waals surface area (Å²) in [5.74, 6) is -0.123. The maximum atomic E-state index is 13.4. The van der Waals surface area contributed by atoms with E-state index in [0.717, 1.165) is 37.9 Å². The molecule has 2 heteroatoms. The molecule has 1 heterocycles. The number of rotatable bonds is 1. The van der Waals surface area contributed by atoms with Crippen LogP contribution in [-0.2, 0) is 0 Å². The van der Waals surface area contributed by atoms with Gasteiger partial charge in [-0.15, -0.1) is 0 Å². The Labute approximate surface area is 90.0 Å². The van der Waals surface area contributed by atoms with Crippen molar-refractivity contribution < 1.29 is 4.39 Å². The quantitative estimate of drug-likeness (QED) is 0.743. The maximum Gasteiger partial charge on any atom is 0.130 e. The van der Waals surface area contributed by atoms with Gasteiger partial charge in [-0.1, -0.05) is 29.8 Å². The first-order valence-electron chi connectivity index (χ1n) is 5.51. The smallest absolute Gasteiger partial charge is 0.130 e. The lowest BCUT2D eigenvalue weighted by Crippen LogP contribution is -2.13. The van der Waals surface area contributed by atoms with Crippen LogP contribution in [0.2, 0.25) is 0 Å². The fourth-order valence-corrected chi connectivity index (χ4v) is 1.90. The van der Waals surface area contributed by atoms with Crippen LogP contribution in [0.25, 0.3) is 6.08 Å². The van der Waals surface area contributed by atoms with Crippen LogP contribution in [0.1, 0.15) is 24.8 Å². The molecule has 0 bridgehead atoms. The first-order chi connectivity index (χ1) is 7.36. The second-order valence-electron chi connectivity index (χ2n) is 3.93. The van der Waals surface area contributed by atoms with Crippen LogP contribution >= 0.6 is 0 Å². The van der Waals surface area contributed by atoms with Crippen molar-refractivity contribution in [3.63, 3.8) is 0 Å². The van der Waals surface area contributed by atoms with Gasteiger partial charge in [0.15, 0.2) is 0 Å². The van der Waals surface area contributed by atoms with Gasteiger partial charge in [0, 0.05) is 5.56 Å². The molecule has 1 aliphatic heterocycles. The summed E-state index contributed by atoms with van der Waals surface area (Å²) >= 11 is 0. The topological polar surface area (TPSA) is 12.0 Å². The third kappa shape index (κ3) is 2.90. The van der Waals surface area contributed by atoms with Crippen molar-refractivity contribution in [2.45, 2.75) is 19.3 Å². The summed E-state index contributed by atoms with van der Waals surface area (Å²) in [4.78, 5) is 0. The van der Waals surface area contributed by atoms with Crippen molar-refractivity contribution in [2.75, 3.05) is 13.1 Å². The van der Waals surface area contributed by atoms with E-state index in [0.29, 0.717) is 0 Å². The van der Waals surface area contributed by atoms with Gasteiger partial charge in [0.2, 0.25) is 0 Å². The Hall–Kier alpha value is -1.15. The first kappa shape index (κ1) is 10.4. The molecule has 80 valence electrons. The van der Waals surface area contributed by atoms with E-state index in [2.05, 4.69) is 5.32 Å². The molecule has 0 amide bonds. The van der Waals surface area contributed by atoms with Gasteiger partial charge in [-0.05, 0) is 38.4 Å². The van der Waals surface area contributed by atoms with Crippen LogP contribution < -0.4 is 5.32 Å². The standard InChI is InChI=1S/C13H16FN/c14-13-6-2-1-5-12(13)10-11-4-3-8-15-9-7-11/h1-2,5-6,10,15H,3-4,7-9H2/b11-10-. The van der Waals surface area contributed by atoms with Crippen LogP contribution in [0, 0.1) is 5.82 Å². The molecule has 2 rings (SSSR count). The molecule has 1 aliphatic rings. The van der Waals surface area contributed by atoms with Gasteiger partial charge in [-0.2, -0.15) is 0 Å². The molecular formula is C13H16FN. The van der Waals surface area contributed by atoms with Gasteiger partial charge in [0.05, 0.1) is 0 Å². The Morgan fingerprint density at radius 1 is 1.13 bits per heavy atom. The Balaban J connectivity index is 2.17. The van der Waals surface area contributed by atoms with Crippen LogP contribution in [0.15, 0.2) is 29.8 Å². The van der Waals surface area contributed by atoms with Gasteiger partial charge in [0.1, 0.15) is 5.82 Å². The predicted molar refractivity (Wildman–Crippen MR) is 61.1 cm³/mol. The summed E-state index contributed by atoms with van der Waals surface area (Å²) < 4.78 is 13.4. The summed E-state index contributed by atoms with van der Waals surface area (Å²) in [5.41, 5.74) is 2.07. The van der Waals surface area contributed by atoms with E-state index >= 15 is 0 Å². The van der Waals surface area contributed by atoms with E-state index in [-0.39, 0.29) is 5.82 Å². The molecule has 1 fully saturated rings. The SMILES string of the molecule is Fc1ccccc1/C=C1/CCCNCC1. The monoisotopic (exact) mass is 205 g/mol. The summed E-state index contributed by atoms with van der Waals surface area (Å²) in [7, 11) is 0. The molecule has 1 nitrogen and oxygen atoms in total. The van der Waals surface area contributed by atoms with Crippen molar-refractivity contribution in [1.82, 2.24) is 5.32 Å². The third-order valence-corrected chi connectivity index (χ3v) is 2.74. The van der Waals surface area contributed by atoms with Crippen LogP contribution in [0.5, 0.6) is 0 Å². The van der Waals surface area contributed by atoms with Crippen LogP contribution in [-0.4, -0.2) is 13.1 Å². The molecule has 1 N–H and O–H groups in total. The van der Waals surface area contributed by atoms with Crippen LogP contribution in [0.4, 0.5) is 4.39 Å². The molecule has 0 aliphatic carbocycles. The molecule has 1 aromatic rings. The lowest BCUT2D eigenvalue weighted by atomic mass is 10.0. The number of benzene rings is 1. The zero-order chi connectivity index (χ0) is 10.5. The minimum atomic E-state index is -0.123. The van der Waals surface area contributed by atoms with Crippen molar-refractivity contribution in [2.24, 2.45) is 0 Å². The Bertz CT molecular complexity index is 347. The molecule has 0 unspecified atom stereocenters. The van der Waals surface area contributed by atoms with E-state index in [1.165, 1.54) is 11.6 Å². The number of halogens is 1. The molecule has 1 aromatic carbocycles. The maximum absolute atomic E-state index is 13.4. The Kier molecular flexibility index (Phi) is 3.51. The van der Waals surface area contributed by atoms with Gasteiger partial charge >= 0.3 is 0 Å². The van der Waals surface area contributed by atoms with E-state index in [1.807, 2.05) is 18.2 Å². The fourth-order valence-electron chi connectivity index (χ4n) is 1.90. The lowest BCUT2D eigenvalue weighted by molar-refractivity contribution is 0.625. The van der Waals surface area contributed by atoms with Gasteiger partial charge < -0.3 is 5.32 Å². The molecule has 0 saturated carbocycles. The van der Waals surface area contributed by atoms with Crippen LogP contribution in [0.3, 0.4) is 0 Å². The molecule has 0 radical (unpaired) electrons. The minimum absolute atomic E-state index is 0.123. The fraction of sp³-hybridized carbons (Fsp3) is 0.385. The first-order valence-corrected chi connectivity index (χ1v) is 5.51. The van der Waals surface area contributed by atoms with Crippen molar-refractivity contribution >= 4 is 6.08 Å². The van der Waals surface area contributed by atoms with E-state index in [1.54, 1.807) is 6.07 Å². The lowest BCUT2D eigenvalue weighted by Gasteiger charge is -2.03. The zero-order valence-corrected chi connectivity index (χ0v) is 8.80. The average Bonchev–Trinajstić information content (AvgIpc) is 2.50. The summed E-state index contributed by atoms with van der Waals surface area (Å²) in [6.07, 6.45) is 5.28. The molecule has 0 atom stereocenters. The van der Waals surface area contributed by atoms with E-state index in [9.17, 15) is 4.39 Å². The molecule has 15 heavy (non-hydrogen) atoms.